The van der Waals surface area contributed by atoms with E-state index in [1.165, 1.54) is 147 Å². The third-order valence-electron chi connectivity index (χ3n) is 9.00. The molecule has 0 aromatic rings. The third kappa shape index (κ3) is 26.5. The minimum atomic E-state index is -0.402. The van der Waals surface area contributed by atoms with Crippen molar-refractivity contribution in [3.8, 4) is 0 Å². The first-order chi connectivity index (χ1) is 22.6. The molecule has 266 valence electrons. The molecule has 0 radical (unpaired) electrons. The first-order valence-corrected chi connectivity index (χ1v) is 19.9. The van der Waals surface area contributed by atoms with E-state index in [0.29, 0.717) is 6.61 Å². The molecular weight excluding hydrogens is 562 g/mol. The van der Waals surface area contributed by atoms with Gasteiger partial charge in [-0.2, -0.15) is 0 Å². The first-order valence-electron chi connectivity index (χ1n) is 19.9. The summed E-state index contributed by atoms with van der Waals surface area (Å²) in [5, 5.41) is 0. The predicted molar refractivity (Wildman–Crippen MR) is 204 cm³/mol. The highest BCUT2D eigenvalue weighted by Crippen LogP contribution is 2.32. The summed E-state index contributed by atoms with van der Waals surface area (Å²) in [6, 6.07) is 0. The normalized spacial score (nSPS) is 15.3. The summed E-state index contributed by atoms with van der Waals surface area (Å²) >= 11 is 0. The zero-order valence-electron chi connectivity index (χ0n) is 31.3. The number of hydrogen-bond donors (Lipinski definition) is 0. The van der Waals surface area contributed by atoms with E-state index in [2.05, 4.69) is 81.5 Å². The Morgan fingerprint density at radius 1 is 0.543 bits per heavy atom. The van der Waals surface area contributed by atoms with Gasteiger partial charge in [-0.05, 0) is 91.1 Å². The number of hydrogen-bond acceptors (Lipinski definition) is 3. The molecule has 0 bridgehead atoms. The molecule has 0 amide bonds. The molecule has 46 heavy (non-hydrogen) atoms. The summed E-state index contributed by atoms with van der Waals surface area (Å²) in [6.45, 7) is 6.15. The Bertz CT molecular complexity index is 758. The molecule has 0 aromatic carbocycles. The molecule has 3 nitrogen and oxygen atoms in total. The SMILES string of the molecule is CCCCC/C=C\C/C=C\CCCCCCCCC1(CCCCCCCC/C=C\C/C=C\CCCCC)OC=C(CN(C)C)CO1. The van der Waals surface area contributed by atoms with Crippen molar-refractivity contribution in [1.29, 1.82) is 0 Å². The van der Waals surface area contributed by atoms with Crippen molar-refractivity contribution < 1.29 is 9.47 Å². The van der Waals surface area contributed by atoms with Gasteiger partial charge in [-0.15, -0.1) is 0 Å². The van der Waals surface area contributed by atoms with Gasteiger partial charge in [0, 0.05) is 25.0 Å². The van der Waals surface area contributed by atoms with Gasteiger partial charge in [0.05, 0.1) is 12.9 Å². The fourth-order valence-electron chi connectivity index (χ4n) is 6.12. The standard InChI is InChI=1S/C43H77NO2/c1-5-7-9-11-13-15-17-19-21-23-25-27-29-31-33-35-37-43(45-40-42(41-46-43)39-44(3)4)38-36-34-32-30-28-26-24-22-20-18-16-14-12-10-8-6-2/h13-16,19-22,40H,5-12,17-18,23-39,41H2,1-4H3/b15-13-,16-14-,21-19-,22-20-. The van der Waals surface area contributed by atoms with Crippen molar-refractivity contribution in [3.63, 3.8) is 0 Å². The van der Waals surface area contributed by atoms with Crippen LogP contribution >= 0.6 is 0 Å². The Hall–Kier alpha value is -1.58. The fourth-order valence-corrected chi connectivity index (χ4v) is 6.12. The molecular formula is C43H77NO2. The van der Waals surface area contributed by atoms with Crippen LogP contribution in [0.5, 0.6) is 0 Å². The molecule has 0 fully saturated rings. The van der Waals surface area contributed by atoms with Gasteiger partial charge >= 0.3 is 0 Å². The number of ether oxygens (including phenoxy) is 2. The van der Waals surface area contributed by atoms with Gasteiger partial charge in [0.15, 0.2) is 0 Å². The van der Waals surface area contributed by atoms with E-state index in [1.807, 2.05) is 6.26 Å². The Balaban J connectivity index is 2.18. The van der Waals surface area contributed by atoms with Crippen LogP contribution in [0.15, 0.2) is 60.4 Å². The third-order valence-corrected chi connectivity index (χ3v) is 9.00. The number of nitrogens with zero attached hydrogens (tertiary/aromatic N) is 1. The Labute approximate surface area is 288 Å². The van der Waals surface area contributed by atoms with Crippen LogP contribution in [0.1, 0.15) is 181 Å². The van der Waals surface area contributed by atoms with Crippen molar-refractivity contribution in [2.45, 2.75) is 187 Å². The number of unbranched alkanes of at least 4 members (excludes halogenated alkanes) is 18. The smallest absolute Gasteiger partial charge is 0.209 e. The summed E-state index contributed by atoms with van der Waals surface area (Å²) in [6.07, 6.45) is 53.6. The maximum absolute atomic E-state index is 6.49. The number of rotatable bonds is 32. The van der Waals surface area contributed by atoms with Crippen LogP contribution in [0.2, 0.25) is 0 Å². The second-order valence-electron chi connectivity index (χ2n) is 14.0. The molecule has 0 unspecified atom stereocenters. The molecule has 1 heterocycles. The first kappa shape index (κ1) is 42.4. The lowest BCUT2D eigenvalue weighted by Gasteiger charge is -2.37. The Morgan fingerprint density at radius 2 is 0.935 bits per heavy atom. The van der Waals surface area contributed by atoms with Gasteiger partial charge in [0.25, 0.3) is 0 Å². The van der Waals surface area contributed by atoms with E-state index in [-0.39, 0.29) is 0 Å². The summed E-state index contributed by atoms with van der Waals surface area (Å²) < 4.78 is 12.9. The van der Waals surface area contributed by atoms with Crippen LogP contribution in [-0.2, 0) is 9.47 Å². The van der Waals surface area contributed by atoms with Crippen LogP contribution in [0.25, 0.3) is 0 Å². The largest absolute Gasteiger partial charge is 0.470 e. The second-order valence-corrected chi connectivity index (χ2v) is 14.0. The average molecular weight is 640 g/mol. The molecule has 3 heteroatoms. The van der Waals surface area contributed by atoms with Crippen molar-refractivity contribution >= 4 is 0 Å². The predicted octanol–water partition coefficient (Wildman–Crippen LogP) is 13.6. The van der Waals surface area contributed by atoms with E-state index in [9.17, 15) is 0 Å². The van der Waals surface area contributed by atoms with Crippen LogP contribution in [-0.4, -0.2) is 37.9 Å². The van der Waals surface area contributed by atoms with Crippen molar-refractivity contribution in [3.05, 3.63) is 60.4 Å². The van der Waals surface area contributed by atoms with E-state index in [1.54, 1.807) is 0 Å². The summed E-state index contributed by atoms with van der Waals surface area (Å²) in [5.41, 5.74) is 1.25. The van der Waals surface area contributed by atoms with Gasteiger partial charge in [0.1, 0.15) is 0 Å². The highest BCUT2D eigenvalue weighted by molar-refractivity contribution is 5.04. The quantitative estimate of drug-likeness (QED) is 0.0540. The van der Waals surface area contributed by atoms with E-state index in [4.69, 9.17) is 9.47 Å². The van der Waals surface area contributed by atoms with Gasteiger partial charge in [-0.1, -0.05) is 140 Å². The maximum atomic E-state index is 6.49. The van der Waals surface area contributed by atoms with Gasteiger partial charge < -0.3 is 14.4 Å². The zero-order valence-corrected chi connectivity index (χ0v) is 31.3. The molecule has 0 atom stereocenters. The lowest BCUT2D eigenvalue weighted by Crippen LogP contribution is -2.39. The van der Waals surface area contributed by atoms with Crippen molar-refractivity contribution in [2.24, 2.45) is 0 Å². The van der Waals surface area contributed by atoms with Crippen LogP contribution < -0.4 is 0 Å². The molecule has 0 aromatic heterocycles. The number of allylic oxidation sites excluding steroid dienone is 8. The van der Waals surface area contributed by atoms with E-state index >= 15 is 0 Å². The van der Waals surface area contributed by atoms with Gasteiger partial charge in [-0.3, -0.25) is 0 Å². The second kappa shape index (κ2) is 32.0. The molecule has 1 aliphatic heterocycles. The van der Waals surface area contributed by atoms with Crippen molar-refractivity contribution in [2.75, 3.05) is 27.2 Å². The lowest BCUT2D eigenvalue weighted by atomic mass is 9.98. The minimum Gasteiger partial charge on any atom is -0.470 e. The maximum Gasteiger partial charge on any atom is 0.209 e. The highest BCUT2D eigenvalue weighted by atomic mass is 16.7. The van der Waals surface area contributed by atoms with Crippen LogP contribution in [0.3, 0.4) is 0 Å². The van der Waals surface area contributed by atoms with E-state index < -0.39 is 5.79 Å². The molecule has 0 N–H and O–H groups in total. The summed E-state index contributed by atoms with van der Waals surface area (Å²) in [5.74, 6) is -0.402. The van der Waals surface area contributed by atoms with Crippen LogP contribution in [0, 0.1) is 0 Å². The average Bonchev–Trinajstić information content (AvgIpc) is 3.05. The molecule has 1 rings (SSSR count). The Kier molecular flexibility index (Phi) is 29.5. The van der Waals surface area contributed by atoms with E-state index in [0.717, 1.165) is 32.2 Å². The van der Waals surface area contributed by atoms with Gasteiger partial charge in [-0.25, -0.2) is 0 Å². The van der Waals surface area contributed by atoms with Gasteiger partial charge in [0.2, 0.25) is 5.79 Å². The lowest BCUT2D eigenvalue weighted by molar-refractivity contribution is -0.225. The molecule has 1 aliphatic rings. The zero-order chi connectivity index (χ0) is 33.2. The Morgan fingerprint density at radius 3 is 1.30 bits per heavy atom. The molecule has 0 aliphatic carbocycles. The fraction of sp³-hybridized carbons (Fsp3) is 0.767. The minimum absolute atomic E-state index is 0.402. The summed E-state index contributed by atoms with van der Waals surface area (Å²) in [4.78, 5) is 2.19. The molecule has 0 spiro atoms. The topological polar surface area (TPSA) is 21.7 Å². The highest BCUT2D eigenvalue weighted by Gasteiger charge is 2.34. The van der Waals surface area contributed by atoms with Crippen LogP contribution in [0.4, 0.5) is 0 Å². The van der Waals surface area contributed by atoms with Crippen molar-refractivity contribution in [1.82, 2.24) is 4.90 Å². The molecule has 0 saturated carbocycles. The molecule has 0 saturated heterocycles. The monoisotopic (exact) mass is 640 g/mol. The number of likely N-dealkylation sites (N-methyl/N-ethyl adjacent to an activating group) is 1. The summed E-state index contributed by atoms with van der Waals surface area (Å²) in [7, 11) is 4.22.